The van der Waals surface area contributed by atoms with Crippen LogP contribution in [0.2, 0.25) is 0 Å². The summed E-state index contributed by atoms with van der Waals surface area (Å²) in [5.74, 6) is 0.0177. The number of urea groups is 1. The fourth-order valence-corrected chi connectivity index (χ4v) is 2.49. The Morgan fingerprint density at radius 1 is 1.07 bits per heavy atom. The summed E-state index contributed by atoms with van der Waals surface area (Å²) >= 11 is 0. The minimum absolute atomic E-state index is 0.0177. The molecular formula is C20H18F2N4O2. The summed E-state index contributed by atoms with van der Waals surface area (Å²) in [6, 6.07) is 12.4. The summed E-state index contributed by atoms with van der Waals surface area (Å²) < 4.78 is 28.6. The molecule has 0 radical (unpaired) electrons. The maximum Gasteiger partial charge on any atom is 0.387 e. The van der Waals surface area contributed by atoms with Crippen LogP contribution in [0.3, 0.4) is 0 Å². The van der Waals surface area contributed by atoms with Gasteiger partial charge in [0.1, 0.15) is 5.75 Å². The molecule has 2 amide bonds. The summed E-state index contributed by atoms with van der Waals surface area (Å²) in [5.41, 5.74) is 3.45. The average Bonchev–Trinajstić information content (AvgIpc) is 2.69. The number of halogens is 2. The molecule has 144 valence electrons. The largest absolute Gasteiger partial charge is 0.435 e. The number of alkyl halides is 2. The number of aromatic nitrogens is 2. The van der Waals surface area contributed by atoms with Crippen molar-refractivity contribution in [2.75, 3.05) is 10.6 Å². The fourth-order valence-electron chi connectivity index (χ4n) is 2.49. The first kappa shape index (κ1) is 19.2. The van der Waals surface area contributed by atoms with Gasteiger partial charge in [-0.3, -0.25) is 4.98 Å². The molecule has 0 spiro atoms. The van der Waals surface area contributed by atoms with Crippen molar-refractivity contribution in [1.29, 1.82) is 0 Å². The highest BCUT2D eigenvalue weighted by molar-refractivity contribution is 6.00. The molecule has 0 saturated heterocycles. The van der Waals surface area contributed by atoms with Gasteiger partial charge in [-0.15, -0.1) is 0 Å². The number of ether oxygens (including phenoxy) is 1. The van der Waals surface area contributed by atoms with Crippen molar-refractivity contribution in [3.63, 3.8) is 0 Å². The molecule has 28 heavy (non-hydrogen) atoms. The Balaban J connectivity index is 1.65. The van der Waals surface area contributed by atoms with Gasteiger partial charge in [0, 0.05) is 23.1 Å². The number of aryl methyl sites for hydroxylation is 1. The molecule has 0 aliphatic heterocycles. The Morgan fingerprint density at radius 2 is 1.82 bits per heavy atom. The molecule has 2 aromatic carbocycles. The van der Waals surface area contributed by atoms with Crippen LogP contribution in [-0.2, 0) is 6.42 Å². The first-order valence-electron chi connectivity index (χ1n) is 8.57. The number of nitrogens with zero attached hydrogens (tertiary/aromatic N) is 2. The van der Waals surface area contributed by atoms with Gasteiger partial charge in [0.2, 0.25) is 0 Å². The number of benzene rings is 2. The molecule has 0 fully saturated rings. The lowest BCUT2D eigenvalue weighted by Gasteiger charge is -2.10. The molecule has 2 N–H and O–H groups in total. The van der Waals surface area contributed by atoms with Gasteiger partial charge in [0.05, 0.1) is 17.6 Å². The Labute approximate surface area is 160 Å². The highest BCUT2D eigenvalue weighted by Gasteiger charge is 2.07. The molecule has 0 atom stereocenters. The van der Waals surface area contributed by atoms with Crippen LogP contribution in [0.1, 0.15) is 12.6 Å². The van der Waals surface area contributed by atoms with Crippen molar-refractivity contribution < 1.29 is 18.3 Å². The predicted octanol–water partition coefficient (Wildman–Crippen LogP) is 4.95. The summed E-state index contributed by atoms with van der Waals surface area (Å²) in [4.78, 5) is 20.9. The van der Waals surface area contributed by atoms with Crippen LogP contribution >= 0.6 is 0 Å². The van der Waals surface area contributed by atoms with E-state index in [0.29, 0.717) is 11.4 Å². The van der Waals surface area contributed by atoms with Crippen LogP contribution in [0.25, 0.3) is 11.3 Å². The van der Waals surface area contributed by atoms with E-state index in [1.54, 1.807) is 24.5 Å². The summed E-state index contributed by atoms with van der Waals surface area (Å²) in [5, 5.41) is 5.35. The maximum absolute atomic E-state index is 12.2. The van der Waals surface area contributed by atoms with Gasteiger partial charge in [-0.25, -0.2) is 9.78 Å². The topological polar surface area (TPSA) is 76.1 Å². The van der Waals surface area contributed by atoms with Gasteiger partial charge in [-0.1, -0.05) is 19.1 Å². The number of amides is 2. The van der Waals surface area contributed by atoms with Gasteiger partial charge in [-0.2, -0.15) is 8.78 Å². The minimum Gasteiger partial charge on any atom is -0.435 e. The number of hydrogen-bond acceptors (Lipinski definition) is 4. The van der Waals surface area contributed by atoms with E-state index in [1.165, 1.54) is 24.3 Å². The lowest BCUT2D eigenvalue weighted by atomic mass is 10.1. The third-order valence-corrected chi connectivity index (χ3v) is 3.80. The number of carbonyl (C=O) groups excluding carboxylic acids is 1. The lowest BCUT2D eigenvalue weighted by molar-refractivity contribution is -0.0498. The highest BCUT2D eigenvalue weighted by atomic mass is 19.3. The molecule has 0 saturated carbocycles. The van der Waals surface area contributed by atoms with Crippen molar-refractivity contribution in [1.82, 2.24) is 9.97 Å². The van der Waals surface area contributed by atoms with Crippen LogP contribution in [0.15, 0.2) is 60.9 Å². The summed E-state index contributed by atoms with van der Waals surface area (Å²) in [6.07, 6.45) is 4.17. The number of rotatable bonds is 6. The Kier molecular flexibility index (Phi) is 6.11. The zero-order valence-corrected chi connectivity index (χ0v) is 15.0. The number of anilines is 2. The van der Waals surface area contributed by atoms with Crippen LogP contribution < -0.4 is 15.4 Å². The molecule has 1 aromatic heterocycles. The van der Waals surface area contributed by atoms with Crippen molar-refractivity contribution >= 4 is 17.4 Å². The van der Waals surface area contributed by atoms with Gasteiger partial charge in [0.15, 0.2) is 0 Å². The van der Waals surface area contributed by atoms with Crippen LogP contribution in [0.5, 0.6) is 5.75 Å². The van der Waals surface area contributed by atoms with Crippen LogP contribution in [0.4, 0.5) is 25.0 Å². The van der Waals surface area contributed by atoms with Gasteiger partial charge < -0.3 is 15.4 Å². The molecule has 0 bridgehead atoms. The minimum atomic E-state index is -2.89. The zero-order chi connectivity index (χ0) is 19.9. The molecule has 3 rings (SSSR count). The smallest absolute Gasteiger partial charge is 0.387 e. The predicted molar refractivity (Wildman–Crippen MR) is 103 cm³/mol. The lowest BCUT2D eigenvalue weighted by Crippen LogP contribution is -2.19. The van der Waals surface area contributed by atoms with E-state index in [2.05, 4.69) is 25.3 Å². The average molecular weight is 384 g/mol. The van der Waals surface area contributed by atoms with E-state index in [0.717, 1.165) is 23.4 Å². The highest BCUT2D eigenvalue weighted by Crippen LogP contribution is 2.21. The Bertz CT molecular complexity index is 949. The fraction of sp³-hybridized carbons (Fsp3) is 0.150. The summed E-state index contributed by atoms with van der Waals surface area (Å²) in [7, 11) is 0. The third-order valence-electron chi connectivity index (χ3n) is 3.80. The van der Waals surface area contributed by atoms with E-state index in [4.69, 9.17) is 0 Å². The van der Waals surface area contributed by atoms with Gasteiger partial charge in [0.25, 0.3) is 0 Å². The maximum atomic E-state index is 12.2. The van der Waals surface area contributed by atoms with E-state index in [1.807, 2.05) is 19.1 Å². The molecule has 3 aromatic rings. The quantitative estimate of drug-likeness (QED) is 0.630. The van der Waals surface area contributed by atoms with E-state index < -0.39 is 12.6 Å². The number of carbonyl (C=O) groups is 1. The summed E-state index contributed by atoms with van der Waals surface area (Å²) in [6.45, 7) is -0.889. The Hall–Kier alpha value is -3.55. The second-order valence-electron chi connectivity index (χ2n) is 5.81. The van der Waals surface area contributed by atoms with Crippen molar-refractivity contribution in [2.45, 2.75) is 20.0 Å². The molecule has 6 nitrogen and oxygen atoms in total. The van der Waals surface area contributed by atoms with Gasteiger partial charge >= 0.3 is 12.6 Å². The zero-order valence-electron chi connectivity index (χ0n) is 15.0. The van der Waals surface area contributed by atoms with E-state index >= 15 is 0 Å². The van der Waals surface area contributed by atoms with Crippen LogP contribution in [-0.4, -0.2) is 22.6 Å². The van der Waals surface area contributed by atoms with Gasteiger partial charge in [-0.05, 0) is 42.8 Å². The van der Waals surface area contributed by atoms with Crippen molar-refractivity contribution in [3.05, 3.63) is 66.6 Å². The standard InChI is InChI=1S/C20H18F2N4O2/c1-2-14-11-23-12-18(24-14)13-4-3-5-16(10-13)26-20(27)25-15-6-8-17(9-7-15)28-19(21)22/h3-12,19H,2H2,1H3,(H2,25,26,27). The normalized spacial score (nSPS) is 10.6. The first-order chi connectivity index (χ1) is 13.5. The molecule has 0 aliphatic rings. The molecule has 1 heterocycles. The van der Waals surface area contributed by atoms with Crippen molar-refractivity contribution in [2.24, 2.45) is 0 Å². The van der Waals surface area contributed by atoms with Crippen LogP contribution in [0, 0.1) is 0 Å². The second kappa shape index (κ2) is 8.90. The molecule has 8 heteroatoms. The Morgan fingerprint density at radius 3 is 2.54 bits per heavy atom. The van der Waals surface area contributed by atoms with E-state index in [9.17, 15) is 13.6 Å². The molecular weight excluding hydrogens is 366 g/mol. The number of hydrogen-bond donors (Lipinski definition) is 2. The second-order valence-corrected chi connectivity index (χ2v) is 5.81. The SMILES string of the molecule is CCc1cncc(-c2cccc(NC(=O)Nc3ccc(OC(F)F)cc3)c2)n1. The monoisotopic (exact) mass is 384 g/mol. The molecule has 0 aliphatic carbocycles. The molecule has 0 unspecified atom stereocenters. The van der Waals surface area contributed by atoms with Crippen molar-refractivity contribution in [3.8, 4) is 17.0 Å². The van der Waals surface area contributed by atoms with E-state index in [-0.39, 0.29) is 5.75 Å². The third kappa shape index (κ3) is 5.23. The number of nitrogens with one attached hydrogen (secondary N) is 2. The first-order valence-corrected chi connectivity index (χ1v) is 8.57.